The van der Waals surface area contributed by atoms with Crippen LogP contribution in [0.5, 0.6) is 0 Å². The molecule has 1 aliphatic heterocycles. The second kappa shape index (κ2) is 8.41. The number of thiophene rings is 1. The number of nitrogens with zero attached hydrogens (tertiary/aromatic N) is 2. The molecule has 1 aromatic heterocycles. The fraction of sp³-hybridized carbons (Fsp3) is 0.0870. The van der Waals surface area contributed by atoms with Gasteiger partial charge in [-0.25, -0.2) is 0 Å². The van der Waals surface area contributed by atoms with E-state index in [1.807, 2.05) is 53.9 Å². The number of rotatable bonds is 4. The highest BCUT2D eigenvalue weighted by molar-refractivity contribution is 7.80. The lowest BCUT2D eigenvalue weighted by Gasteiger charge is -2.39. The first-order chi connectivity index (χ1) is 14.5. The first-order valence-electron chi connectivity index (χ1n) is 9.15. The zero-order valence-electron chi connectivity index (χ0n) is 15.7. The van der Waals surface area contributed by atoms with E-state index in [1.165, 1.54) is 11.3 Å². The predicted octanol–water partition coefficient (Wildman–Crippen LogP) is 5.53. The van der Waals surface area contributed by atoms with Crippen molar-refractivity contribution < 1.29 is 4.79 Å². The van der Waals surface area contributed by atoms with Crippen molar-refractivity contribution >= 4 is 51.6 Å². The van der Waals surface area contributed by atoms with Crippen molar-refractivity contribution in [3.05, 3.63) is 99.0 Å². The standard InChI is InChI=1S/C23H16ClN3OS2/c24-15-10-8-14(9-11-15)19-17(13-25)22(26)27(16-5-2-1-3-6-16)23(29)20(19)21(28)18-7-4-12-30-18/h1-12,19-20H,26H2. The first-order valence-corrected chi connectivity index (χ1v) is 10.8. The van der Waals surface area contributed by atoms with Gasteiger partial charge in [-0.2, -0.15) is 5.26 Å². The van der Waals surface area contributed by atoms with Gasteiger partial charge in [-0.15, -0.1) is 11.3 Å². The van der Waals surface area contributed by atoms with Crippen LogP contribution in [0.4, 0.5) is 5.69 Å². The maximum Gasteiger partial charge on any atom is 0.183 e. The summed E-state index contributed by atoms with van der Waals surface area (Å²) in [5, 5.41) is 12.5. The third-order valence-corrected chi connectivity index (χ3v) is 6.63. The number of hydrogen-bond acceptors (Lipinski definition) is 5. The number of ketones is 1. The number of Topliss-reactive ketones (excluding diaryl/α,β-unsaturated/α-hetero) is 1. The van der Waals surface area contributed by atoms with Crippen LogP contribution in [0, 0.1) is 17.2 Å². The van der Waals surface area contributed by atoms with E-state index in [0.717, 1.165) is 5.56 Å². The van der Waals surface area contributed by atoms with Gasteiger partial charge in [0.1, 0.15) is 10.8 Å². The minimum Gasteiger partial charge on any atom is -0.384 e. The summed E-state index contributed by atoms with van der Waals surface area (Å²) in [6.45, 7) is 0. The molecule has 0 amide bonds. The molecular weight excluding hydrogens is 434 g/mol. The molecule has 0 fully saturated rings. The van der Waals surface area contributed by atoms with Crippen molar-refractivity contribution in [3.63, 3.8) is 0 Å². The molecule has 2 heterocycles. The summed E-state index contributed by atoms with van der Waals surface area (Å²) >= 11 is 13.2. The summed E-state index contributed by atoms with van der Waals surface area (Å²) in [5.74, 6) is -1.23. The number of allylic oxidation sites excluding steroid dienone is 1. The molecule has 0 bridgehead atoms. The van der Waals surface area contributed by atoms with Crippen LogP contribution < -0.4 is 10.6 Å². The number of carbonyl (C=O) groups is 1. The zero-order valence-corrected chi connectivity index (χ0v) is 18.0. The number of halogens is 1. The molecule has 0 saturated carbocycles. The van der Waals surface area contributed by atoms with Crippen LogP contribution in [0.15, 0.2) is 83.5 Å². The lowest BCUT2D eigenvalue weighted by molar-refractivity contribution is 0.0949. The maximum atomic E-state index is 13.6. The molecule has 0 saturated heterocycles. The molecular formula is C23H16ClN3OS2. The summed E-state index contributed by atoms with van der Waals surface area (Å²) < 4.78 is 0. The lowest BCUT2D eigenvalue weighted by atomic mass is 9.75. The number of carbonyl (C=O) groups excluding carboxylic acids is 1. The first kappa shape index (κ1) is 20.3. The predicted molar refractivity (Wildman–Crippen MR) is 125 cm³/mol. The van der Waals surface area contributed by atoms with E-state index in [0.29, 0.717) is 26.1 Å². The summed E-state index contributed by atoms with van der Waals surface area (Å²) in [5.41, 5.74) is 8.25. The molecule has 7 heteroatoms. The Morgan fingerprint density at radius 2 is 1.80 bits per heavy atom. The zero-order chi connectivity index (χ0) is 21.3. The number of benzene rings is 2. The van der Waals surface area contributed by atoms with Crippen LogP contribution in [0.2, 0.25) is 5.02 Å². The highest BCUT2D eigenvalue weighted by atomic mass is 35.5. The van der Waals surface area contributed by atoms with E-state index in [2.05, 4.69) is 6.07 Å². The largest absolute Gasteiger partial charge is 0.384 e. The fourth-order valence-electron chi connectivity index (χ4n) is 3.68. The van der Waals surface area contributed by atoms with Crippen LogP contribution >= 0.6 is 35.2 Å². The van der Waals surface area contributed by atoms with E-state index in [4.69, 9.17) is 29.6 Å². The monoisotopic (exact) mass is 449 g/mol. The van der Waals surface area contributed by atoms with Crippen molar-refractivity contribution in [3.8, 4) is 6.07 Å². The van der Waals surface area contributed by atoms with Crippen LogP contribution in [-0.4, -0.2) is 10.8 Å². The highest BCUT2D eigenvalue weighted by Gasteiger charge is 2.44. The van der Waals surface area contributed by atoms with Gasteiger partial charge in [-0.1, -0.05) is 60.2 Å². The fourth-order valence-corrected chi connectivity index (χ4v) is 4.96. The number of hydrogen-bond donors (Lipinski definition) is 1. The summed E-state index contributed by atoms with van der Waals surface area (Å²) in [6, 6.07) is 22.2. The molecule has 2 N–H and O–H groups in total. The van der Waals surface area contributed by atoms with Crippen molar-refractivity contribution in [1.29, 1.82) is 5.26 Å². The Balaban J connectivity index is 1.94. The highest BCUT2D eigenvalue weighted by Crippen LogP contribution is 2.43. The molecule has 0 radical (unpaired) electrons. The molecule has 0 aliphatic carbocycles. The normalized spacial score (nSPS) is 18.9. The van der Waals surface area contributed by atoms with E-state index in [-0.39, 0.29) is 11.6 Å². The smallest absolute Gasteiger partial charge is 0.183 e. The van der Waals surface area contributed by atoms with Crippen LogP contribution in [0.25, 0.3) is 0 Å². The number of nitriles is 1. The van der Waals surface area contributed by atoms with Gasteiger partial charge in [0, 0.05) is 16.6 Å². The minimum atomic E-state index is -0.748. The van der Waals surface area contributed by atoms with E-state index >= 15 is 0 Å². The molecule has 1 aliphatic rings. The van der Waals surface area contributed by atoms with Gasteiger partial charge in [0.25, 0.3) is 0 Å². The van der Waals surface area contributed by atoms with Crippen LogP contribution in [0.1, 0.15) is 21.2 Å². The van der Waals surface area contributed by atoms with Crippen LogP contribution in [-0.2, 0) is 0 Å². The van der Waals surface area contributed by atoms with Crippen molar-refractivity contribution in [1.82, 2.24) is 0 Å². The SMILES string of the molecule is N#CC1=C(N)N(c2ccccc2)C(=S)C(C(=O)c2cccs2)C1c1ccc(Cl)cc1. The molecule has 148 valence electrons. The number of thiocarbonyl (C=S) groups is 1. The van der Waals surface area contributed by atoms with Gasteiger partial charge in [-0.3, -0.25) is 9.69 Å². The van der Waals surface area contributed by atoms with Gasteiger partial charge in [0.15, 0.2) is 5.78 Å². The molecule has 30 heavy (non-hydrogen) atoms. The molecule has 0 spiro atoms. The Bertz CT molecular complexity index is 1170. The minimum absolute atomic E-state index is 0.129. The molecule has 2 atom stereocenters. The second-order valence-corrected chi connectivity index (χ2v) is 8.57. The Morgan fingerprint density at radius 1 is 1.10 bits per heavy atom. The summed E-state index contributed by atoms with van der Waals surface area (Å²) in [4.78, 5) is 16.2. The van der Waals surface area contributed by atoms with Gasteiger partial charge in [0.05, 0.1) is 22.4 Å². The second-order valence-electron chi connectivity index (χ2n) is 6.77. The summed E-state index contributed by atoms with van der Waals surface area (Å²) in [7, 11) is 0. The lowest BCUT2D eigenvalue weighted by Crippen LogP contribution is -2.48. The van der Waals surface area contributed by atoms with E-state index in [9.17, 15) is 10.1 Å². The molecule has 2 aromatic carbocycles. The van der Waals surface area contributed by atoms with Gasteiger partial charge in [-0.05, 0) is 41.3 Å². The number of nitrogens with two attached hydrogens (primary N) is 1. The third kappa shape index (κ3) is 3.52. The Morgan fingerprint density at radius 3 is 2.40 bits per heavy atom. The van der Waals surface area contributed by atoms with Crippen molar-refractivity contribution in [2.24, 2.45) is 11.7 Å². The Labute approximate surface area is 188 Å². The van der Waals surface area contributed by atoms with Gasteiger partial charge in [0.2, 0.25) is 0 Å². The average Bonchev–Trinajstić information content (AvgIpc) is 3.29. The van der Waals surface area contributed by atoms with Crippen molar-refractivity contribution in [2.45, 2.75) is 5.92 Å². The van der Waals surface area contributed by atoms with E-state index in [1.54, 1.807) is 23.1 Å². The Hall–Kier alpha value is -2.98. The third-order valence-electron chi connectivity index (χ3n) is 5.06. The number of anilines is 1. The van der Waals surface area contributed by atoms with Gasteiger partial charge >= 0.3 is 0 Å². The molecule has 3 aromatic rings. The molecule has 2 unspecified atom stereocenters. The van der Waals surface area contributed by atoms with Gasteiger partial charge < -0.3 is 5.73 Å². The van der Waals surface area contributed by atoms with Crippen LogP contribution in [0.3, 0.4) is 0 Å². The maximum absolute atomic E-state index is 13.6. The molecule has 4 rings (SSSR count). The van der Waals surface area contributed by atoms with E-state index < -0.39 is 11.8 Å². The summed E-state index contributed by atoms with van der Waals surface area (Å²) in [6.07, 6.45) is 0. The average molecular weight is 450 g/mol. The topological polar surface area (TPSA) is 70.1 Å². The molecule has 4 nitrogen and oxygen atoms in total. The number of para-hydroxylation sites is 1. The van der Waals surface area contributed by atoms with Crippen molar-refractivity contribution in [2.75, 3.05) is 4.90 Å². The quantitative estimate of drug-likeness (QED) is 0.419. The Kier molecular flexibility index (Phi) is 5.69.